The van der Waals surface area contributed by atoms with Gasteiger partial charge in [-0.2, -0.15) is 12.6 Å². The number of hydrogen-bond acceptors (Lipinski definition) is 2. The summed E-state index contributed by atoms with van der Waals surface area (Å²) >= 11 is 4.50. The van der Waals surface area contributed by atoms with Crippen LogP contribution in [0.5, 0.6) is 0 Å². The summed E-state index contributed by atoms with van der Waals surface area (Å²) in [5.41, 5.74) is 0. The van der Waals surface area contributed by atoms with E-state index >= 15 is 0 Å². The molecule has 0 heterocycles. The molecule has 2 aliphatic carbocycles. The van der Waals surface area contributed by atoms with E-state index in [-0.39, 0.29) is 0 Å². The van der Waals surface area contributed by atoms with E-state index < -0.39 is 0 Å². The summed E-state index contributed by atoms with van der Waals surface area (Å²) < 4.78 is 0. The van der Waals surface area contributed by atoms with Crippen LogP contribution in [0.4, 0.5) is 0 Å². The Morgan fingerprint density at radius 2 is 1.30 bits per heavy atom. The molecular formula is C18H36OS. The van der Waals surface area contributed by atoms with E-state index in [2.05, 4.69) is 26.5 Å². The van der Waals surface area contributed by atoms with Crippen LogP contribution >= 0.6 is 12.6 Å². The molecule has 2 fully saturated rings. The van der Waals surface area contributed by atoms with Crippen molar-refractivity contribution in [1.29, 1.82) is 0 Å². The van der Waals surface area contributed by atoms with Gasteiger partial charge >= 0.3 is 0 Å². The van der Waals surface area contributed by atoms with Gasteiger partial charge in [-0.05, 0) is 36.3 Å². The molecule has 120 valence electrons. The smallest absolute Gasteiger partial charge is 0.106 e. The summed E-state index contributed by atoms with van der Waals surface area (Å²) in [5.74, 6) is 4.22. The molecule has 3 atom stereocenters. The van der Waals surface area contributed by atoms with Gasteiger partial charge in [0, 0.05) is 0 Å². The van der Waals surface area contributed by atoms with Gasteiger partial charge in [-0.15, -0.1) is 0 Å². The highest BCUT2D eigenvalue weighted by Crippen LogP contribution is 2.40. The van der Waals surface area contributed by atoms with Crippen molar-refractivity contribution in [2.75, 3.05) is 5.75 Å². The Kier molecular flexibility index (Phi) is 14.0. The molecule has 0 spiro atoms. The first-order valence-electron chi connectivity index (χ1n) is 8.71. The Morgan fingerprint density at radius 1 is 0.850 bits per heavy atom. The lowest BCUT2D eigenvalue weighted by Gasteiger charge is -2.36. The van der Waals surface area contributed by atoms with Gasteiger partial charge < -0.3 is 4.79 Å². The number of carbonyl (C=O) groups is 1. The van der Waals surface area contributed by atoms with E-state index in [0.717, 1.165) is 23.5 Å². The molecule has 0 N–H and O–H groups in total. The van der Waals surface area contributed by atoms with Gasteiger partial charge in [-0.25, -0.2) is 0 Å². The standard InChI is InChI=1S/C13H24S.C4H10.CH2O/c14-10-11-5-1-2-6-12-7-3-4-8-13(12)9-11;1-3-4-2;1-2/h11-14H,1-10H2;3-4H2,1-2H3;1H2. The highest BCUT2D eigenvalue weighted by Gasteiger charge is 2.28. The van der Waals surface area contributed by atoms with E-state index in [9.17, 15) is 0 Å². The second-order valence-electron chi connectivity index (χ2n) is 6.37. The molecule has 0 bridgehead atoms. The Bertz CT molecular complexity index is 206. The summed E-state index contributed by atoms with van der Waals surface area (Å²) in [4.78, 5) is 8.00. The van der Waals surface area contributed by atoms with Crippen LogP contribution in [0.2, 0.25) is 0 Å². The van der Waals surface area contributed by atoms with E-state index in [1.54, 1.807) is 0 Å². The highest BCUT2D eigenvalue weighted by atomic mass is 32.1. The van der Waals surface area contributed by atoms with Crippen LogP contribution < -0.4 is 0 Å². The molecule has 0 saturated heterocycles. The Morgan fingerprint density at radius 3 is 1.75 bits per heavy atom. The van der Waals surface area contributed by atoms with Crippen LogP contribution in [0, 0.1) is 17.8 Å². The fourth-order valence-electron chi connectivity index (χ4n) is 3.53. The summed E-state index contributed by atoms with van der Waals surface area (Å²) in [5, 5.41) is 0. The first kappa shape index (κ1) is 20.0. The SMILES string of the molecule is C=O.CCCC.SCC1CCCCC2CCCCC2C1. The zero-order chi connectivity index (χ0) is 15.2. The van der Waals surface area contributed by atoms with Gasteiger partial charge in [0.05, 0.1) is 0 Å². The summed E-state index contributed by atoms with van der Waals surface area (Å²) in [6.45, 7) is 6.36. The molecule has 0 amide bonds. The van der Waals surface area contributed by atoms with Crippen LogP contribution in [0.15, 0.2) is 0 Å². The van der Waals surface area contributed by atoms with E-state index in [4.69, 9.17) is 4.79 Å². The zero-order valence-corrected chi connectivity index (χ0v) is 14.7. The van der Waals surface area contributed by atoms with Crippen molar-refractivity contribution >= 4 is 19.4 Å². The van der Waals surface area contributed by atoms with Gasteiger partial charge in [0.15, 0.2) is 0 Å². The lowest BCUT2D eigenvalue weighted by molar-refractivity contribution is -0.0979. The second-order valence-corrected chi connectivity index (χ2v) is 6.74. The summed E-state index contributed by atoms with van der Waals surface area (Å²) in [6, 6.07) is 0. The average molecular weight is 301 g/mol. The largest absolute Gasteiger partial charge is 0.307 e. The molecule has 0 aromatic rings. The van der Waals surface area contributed by atoms with Gasteiger partial charge in [0.2, 0.25) is 0 Å². The Labute approximate surface area is 132 Å². The minimum absolute atomic E-state index is 0.934. The van der Waals surface area contributed by atoms with Crippen LogP contribution in [-0.2, 0) is 4.79 Å². The van der Waals surface area contributed by atoms with E-state index in [1.165, 1.54) is 70.6 Å². The molecule has 20 heavy (non-hydrogen) atoms. The van der Waals surface area contributed by atoms with Crippen LogP contribution in [0.1, 0.15) is 84.5 Å². The maximum Gasteiger partial charge on any atom is 0.106 e. The minimum Gasteiger partial charge on any atom is -0.307 e. The van der Waals surface area contributed by atoms with Crippen molar-refractivity contribution in [3.8, 4) is 0 Å². The van der Waals surface area contributed by atoms with Crippen LogP contribution in [-0.4, -0.2) is 12.5 Å². The highest BCUT2D eigenvalue weighted by molar-refractivity contribution is 7.80. The van der Waals surface area contributed by atoms with Gasteiger partial charge in [0.25, 0.3) is 0 Å². The van der Waals surface area contributed by atoms with Gasteiger partial charge in [0.1, 0.15) is 6.79 Å². The fourth-order valence-corrected chi connectivity index (χ4v) is 3.86. The lowest BCUT2D eigenvalue weighted by Crippen LogP contribution is -2.24. The predicted octanol–water partition coefficient (Wildman–Crippen LogP) is 5.92. The monoisotopic (exact) mass is 300 g/mol. The minimum atomic E-state index is 0.934. The third-order valence-electron chi connectivity index (χ3n) is 4.90. The van der Waals surface area contributed by atoms with Gasteiger partial charge in [-0.3, -0.25) is 0 Å². The van der Waals surface area contributed by atoms with Crippen molar-refractivity contribution < 1.29 is 4.79 Å². The number of rotatable bonds is 2. The normalized spacial score (nSPS) is 29.4. The molecule has 0 radical (unpaired) electrons. The van der Waals surface area contributed by atoms with Crippen molar-refractivity contribution in [1.82, 2.24) is 0 Å². The molecule has 2 saturated carbocycles. The maximum atomic E-state index is 8.00. The third-order valence-corrected chi connectivity index (χ3v) is 5.41. The third kappa shape index (κ3) is 8.34. The fraction of sp³-hybridized carbons (Fsp3) is 0.944. The molecular weight excluding hydrogens is 264 g/mol. The van der Waals surface area contributed by atoms with Crippen LogP contribution in [0.25, 0.3) is 0 Å². The number of hydrogen-bond donors (Lipinski definition) is 1. The number of carbonyl (C=O) groups excluding carboxylic acids is 1. The van der Waals surface area contributed by atoms with Crippen molar-refractivity contribution in [3.63, 3.8) is 0 Å². The first-order chi connectivity index (χ1) is 9.81. The average Bonchev–Trinajstić information content (AvgIpc) is 2.50. The second kappa shape index (κ2) is 14.0. The summed E-state index contributed by atoms with van der Waals surface area (Å²) in [7, 11) is 0. The van der Waals surface area contributed by atoms with Crippen molar-refractivity contribution in [3.05, 3.63) is 0 Å². The molecule has 2 aliphatic rings. The number of thiol groups is 1. The zero-order valence-electron chi connectivity index (χ0n) is 13.8. The molecule has 0 aromatic heterocycles. The van der Waals surface area contributed by atoms with Crippen molar-refractivity contribution in [2.45, 2.75) is 84.5 Å². The lowest BCUT2D eigenvalue weighted by atomic mass is 9.71. The maximum absolute atomic E-state index is 8.00. The molecule has 3 unspecified atom stereocenters. The molecule has 2 rings (SSSR count). The number of fused-ring (bicyclic) bond motifs is 1. The predicted molar refractivity (Wildman–Crippen MR) is 93.6 cm³/mol. The molecule has 2 heteroatoms. The molecule has 0 aromatic carbocycles. The van der Waals surface area contributed by atoms with Crippen molar-refractivity contribution in [2.24, 2.45) is 17.8 Å². The molecule has 0 aliphatic heterocycles. The Balaban J connectivity index is 0.000000521. The summed E-state index contributed by atoms with van der Waals surface area (Å²) in [6.07, 6.45) is 16.1. The topological polar surface area (TPSA) is 17.1 Å². The van der Waals surface area contributed by atoms with Gasteiger partial charge in [-0.1, -0.05) is 71.6 Å². The first-order valence-corrected chi connectivity index (χ1v) is 9.34. The quantitative estimate of drug-likeness (QED) is 0.626. The molecule has 1 nitrogen and oxygen atoms in total. The van der Waals surface area contributed by atoms with E-state index in [1.807, 2.05) is 6.79 Å². The Hall–Kier alpha value is 0.0200. The van der Waals surface area contributed by atoms with Crippen LogP contribution in [0.3, 0.4) is 0 Å². The van der Waals surface area contributed by atoms with E-state index in [0.29, 0.717) is 0 Å². The number of unbranched alkanes of at least 4 members (excludes halogenated alkanes) is 1.